The van der Waals surface area contributed by atoms with Gasteiger partial charge in [0.1, 0.15) is 11.6 Å². The number of nitrogens with one attached hydrogen (secondary N) is 1. The molecular weight excluding hydrogens is 247 g/mol. The first-order valence-electron chi connectivity index (χ1n) is 6.58. The van der Waals surface area contributed by atoms with Crippen molar-refractivity contribution in [3.05, 3.63) is 30.1 Å². The summed E-state index contributed by atoms with van der Waals surface area (Å²) in [6.45, 7) is 6.35. The number of hydrogen-bond donors (Lipinski definition) is 1. The average Bonchev–Trinajstić information content (AvgIpc) is 2.42. The van der Waals surface area contributed by atoms with Gasteiger partial charge in [-0.25, -0.2) is 9.18 Å². The number of carbonyl (C=O) groups is 1. The zero-order valence-corrected chi connectivity index (χ0v) is 11.5. The maximum atomic E-state index is 12.7. The number of urea groups is 1. The van der Waals surface area contributed by atoms with Crippen LogP contribution in [0.4, 0.5) is 9.18 Å². The summed E-state index contributed by atoms with van der Waals surface area (Å²) in [6.07, 6.45) is 0.713. The fourth-order valence-corrected chi connectivity index (χ4v) is 1.61. The fourth-order valence-electron chi connectivity index (χ4n) is 1.61. The predicted molar refractivity (Wildman–Crippen MR) is 72.8 cm³/mol. The number of ether oxygens (including phenoxy) is 1. The van der Waals surface area contributed by atoms with Gasteiger partial charge in [0, 0.05) is 19.6 Å². The fraction of sp³-hybridized carbons (Fsp3) is 0.500. The smallest absolute Gasteiger partial charge is 0.317 e. The van der Waals surface area contributed by atoms with Crippen LogP contribution in [0.25, 0.3) is 0 Å². The van der Waals surface area contributed by atoms with Gasteiger partial charge < -0.3 is 15.0 Å². The highest BCUT2D eigenvalue weighted by atomic mass is 19.1. The van der Waals surface area contributed by atoms with E-state index in [9.17, 15) is 9.18 Å². The molecule has 1 N–H and O–H groups in total. The second-order valence-electron chi connectivity index (χ2n) is 4.06. The van der Waals surface area contributed by atoms with Gasteiger partial charge in [-0.05, 0) is 44.5 Å². The van der Waals surface area contributed by atoms with Crippen LogP contribution in [0.2, 0.25) is 0 Å². The number of hydrogen-bond acceptors (Lipinski definition) is 2. The lowest BCUT2D eigenvalue weighted by atomic mass is 10.3. The Morgan fingerprint density at radius 3 is 2.47 bits per heavy atom. The summed E-state index contributed by atoms with van der Waals surface area (Å²) in [6, 6.07) is 5.84. The molecule has 4 nitrogen and oxygen atoms in total. The molecule has 0 spiro atoms. The summed E-state index contributed by atoms with van der Waals surface area (Å²) in [5.74, 6) is 0.357. The highest BCUT2D eigenvalue weighted by Gasteiger charge is 2.07. The third-order valence-corrected chi connectivity index (χ3v) is 2.73. The number of halogens is 1. The van der Waals surface area contributed by atoms with Gasteiger partial charge in [0.05, 0.1) is 6.61 Å². The maximum absolute atomic E-state index is 12.7. The van der Waals surface area contributed by atoms with Crippen LogP contribution in [-0.2, 0) is 0 Å². The summed E-state index contributed by atoms with van der Waals surface area (Å²) in [5, 5.41) is 2.83. The topological polar surface area (TPSA) is 41.6 Å². The Balaban J connectivity index is 2.14. The van der Waals surface area contributed by atoms with Crippen molar-refractivity contribution in [2.45, 2.75) is 20.3 Å². The normalized spacial score (nSPS) is 10.1. The zero-order chi connectivity index (χ0) is 14.1. The van der Waals surface area contributed by atoms with Gasteiger partial charge in [-0.15, -0.1) is 0 Å². The highest BCUT2D eigenvalue weighted by molar-refractivity contribution is 5.73. The molecule has 0 aromatic heterocycles. The minimum absolute atomic E-state index is 0.0493. The van der Waals surface area contributed by atoms with Gasteiger partial charge in [-0.3, -0.25) is 0 Å². The molecule has 0 aliphatic rings. The van der Waals surface area contributed by atoms with Crippen molar-refractivity contribution in [3.63, 3.8) is 0 Å². The van der Waals surface area contributed by atoms with Crippen LogP contribution in [0.15, 0.2) is 24.3 Å². The van der Waals surface area contributed by atoms with E-state index >= 15 is 0 Å². The number of rotatable bonds is 7. The van der Waals surface area contributed by atoms with E-state index in [4.69, 9.17) is 4.74 Å². The highest BCUT2D eigenvalue weighted by Crippen LogP contribution is 2.10. The van der Waals surface area contributed by atoms with Crippen LogP contribution in [0.3, 0.4) is 0 Å². The van der Waals surface area contributed by atoms with Crippen LogP contribution in [-0.4, -0.2) is 37.2 Å². The molecule has 0 radical (unpaired) electrons. The van der Waals surface area contributed by atoms with E-state index in [1.54, 1.807) is 17.0 Å². The number of benzene rings is 1. The molecule has 5 heteroatoms. The van der Waals surface area contributed by atoms with E-state index in [1.165, 1.54) is 12.1 Å². The van der Waals surface area contributed by atoms with E-state index in [0.717, 1.165) is 0 Å². The second-order valence-corrected chi connectivity index (χ2v) is 4.06. The largest absolute Gasteiger partial charge is 0.494 e. The first kappa shape index (κ1) is 15.3. The molecule has 106 valence electrons. The standard InChI is InChI=1S/C14H21FN2O2/c1-3-17(4-2)14(18)16-10-5-11-19-13-8-6-12(15)7-9-13/h6-9H,3-5,10-11H2,1-2H3,(H,16,18). The first-order valence-corrected chi connectivity index (χ1v) is 6.58. The zero-order valence-electron chi connectivity index (χ0n) is 11.5. The van der Waals surface area contributed by atoms with Crippen LogP contribution < -0.4 is 10.1 Å². The van der Waals surface area contributed by atoms with Gasteiger partial charge in [0.15, 0.2) is 0 Å². The molecule has 2 amide bonds. The molecule has 1 aromatic rings. The van der Waals surface area contributed by atoms with Crippen LogP contribution >= 0.6 is 0 Å². The third kappa shape index (κ3) is 5.59. The van der Waals surface area contributed by atoms with Crippen molar-refractivity contribution < 1.29 is 13.9 Å². The number of carbonyl (C=O) groups excluding carboxylic acids is 1. The molecule has 0 bridgehead atoms. The van der Waals surface area contributed by atoms with Crippen molar-refractivity contribution in [1.29, 1.82) is 0 Å². The Hall–Kier alpha value is -1.78. The Morgan fingerprint density at radius 1 is 1.26 bits per heavy atom. The molecule has 0 saturated heterocycles. The van der Waals surface area contributed by atoms with Gasteiger partial charge >= 0.3 is 6.03 Å². The average molecular weight is 268 g/mol. The Morgan fingerprint density at radius 2 is 1.89 bits per heavy atom. The quantitative estimate of drug-likeness (QED) is 0.772. The molecule has 0 unspecified atom stereocenters. The maximum Gasteiger partial charge on any atom is 0.317 e. The molecule has 0 aliphatic heterocycles. The lowest BCUT2D eigenvalue weighted by Crippen LogP contribution is -2.40. The SMILES string of the molecule is CCN(CC)C(=O)NCCCOc1ccc(F)cc1. The van der Waals surface area contributed by atoms with Gasteiger partial charge in [0.25, 0.3) is 0 Å². The van der Waals surface area contributed by atoms with E-state index in [0.29, 0.717) is 38.4 Å². The van der Waals surface area contributed by atoms with Crippen molar-refractivity contribution in [2.75, 3.05) is 26.2 Å². The van der Waals surface area contributed by atoms with Gasteiger partial charge in [0.2, 0.25) is 0 Å². The van der Waals surface area contributed by atoms with Crippen molar-refractivity contribution in [2.24, 2.45) is 0 Å². The van der Waals surface area contributed by atoms with Crippen LogP contribution in [0, 0.1) is 5.82 Å². The molecule has 0 heterocycles. The minimum Gasteiger partial charge on any atom is -0.494 e. The van der Waals surface area contributed by atoms with Crippen LogP contribution in [0.5, 0.6) is 5.75 Å². The Kier molecular flexibility index (Phi) is 6.71. The predicted octanol–water partition coefficient (Wildman–Crippen LogP) is 2.65. The molecule has 0 fully saturated rings. The summed E-state index contributed by atoms with van der Waals surface area (Å²) in [5.41, 5.74) is 0. The molecule has 0 aliphatic carbocycles. The Labute approximate surface area is 113 Å². The van der Waals surface area contributed by atoms with Gasteiger partial charge in [-0.1, -0.05) is 0 Å². The summed E-state index contributed by atoms with van der Waals surface area (Å²) in [7, 11) is 0. The minimum atomic E-state index is -0.279. The molecule has 0 atom stereocenters. The van der Waals surface area contributed by atoms with Crippen molar-refractivity contribution in [1.82, 2.24) is 10.2 Å². The van der Waals surface area contributed by atoms with E-state index in [1.807, 2.05) is 13.8 Å². The molecule has 1 aromatic carbocycles. The number of amides is 2. The Bertz CT molecular complexity index is 378. The van der Waals surface area contributed by atoms with E-state index in [-0.39, 0.29) is 11.8 Å². The van der Waals surface area contributed by atoms with Crippen molar-refractivity contribution in [3.8, 4) is 5.75 Å². The summed E-state index contributed by atoms with van der Waals surface area (Å²) in [4.78, 5) is 13.3. The number of nitrogens with zero attached hydrogens (tertiary/aromatic N) is 1. The van der Waals surface area contributed by atoms with E-state index < -0.39 is 0 Å². The lowest BCUT2D eigenvalue weighted by Gasteiger charge is -2.19. The second kappa shape index (κ2) is 8.34. The molecule has 1 rings (SSSR count). The van der Waals surface area contributed by atoms with Gasteiger partial charge in [-0.2, -0.15) is 0 Å². The summed E-state index contributed by atoms with van der Waals surface area (Å²) < 4.78 is 18.1. The van der Waals surface area contributed by atoms with Crippen molar-refractivity contribution >= 4 is 6.03 Å². The lowest BCUT2D eigenvalue weighted by molar-refractivity contribution is 0.202. The van der Waals surface area contributed by atoms with Crippen LogP contribution in [0.1, 0.15) is 20.3 Å². The summed E-state index contributed by atoms with van der Waals surface area (Å²) >= 11 is 0. The molecular formula is C14H21FN2O2. The first-order chi connectivity index (χ1) is 9.17. The molecule has 19 heavy (non-hydrogen) atoms. The monoisotopic (exact) mass is 268 g/mol. The third-order valence-electron chi connectivity index (χ3n) is 2.73. The molecule has 0 saturated carbocycles. The van der Waals surface area contributed by atoms with E-state index in [2.05, 4.69) is 5.32 Å².